The standard InChI is InChI=1S/C7H15NO2/c1-10-6-4-2-3-5-7(8)9/h2-6H2,1H3,(H2,8,9). The van der Waals surface area contributed by atoms with E-state index in [4.69, 9.17) is 10.5 Å². The Labute approximate surface area is 61.5 Å². The third-order valence-corrected chi connectivity index (χ3v) is 1.27. The molecule has 3 nitrogen and oxygen atoms in total. The van der Waals surface area contributed by atoms with Gasteiger partial charge >= 0.3 is 0 Å². The zero-order valence-electron chi connectivity index (χ0n) is 6.43. The molecule has 2 N–H and O–H groups in total. The third-order valence-electron chi connectivity index (χ3n) is 1.27. The summed E-state index contributed by atoms with van der Waals surface area (Å²) in [6, 6.07) is 0. The normalized spacial score (nSPS) is 9.70. The number of ether oxygens (including phenoxy) is 1. The Morgan fingerprint density at radius 3 is 2.60 bits per heavy atom. The number of rotatable bonds is 6. The van der Waals surface area contributed by atoms with Gasteiger partial charge in [-0.15, -0.1) is 0 Å². The fourth-order valence-corrected chi connectivity index (χ4v) is 0.722. The van der Waals surface area contributed by atoms with Crippen molar-refractivity contribution in [2.75, 3.05) is 13.7 Å². The smallest absolute Gasteiger partial charge is 0.217 e. The van der Waals surface area contributed by atoms with E-state index in [9.17, 15) is 4.79 Å². The summed E-state index contributed by atoms with van der Waals surface area (Å²) in [6.45, 7) is 0.777. The molecule has 0 radical (unpaired) electrons. The SMILES string of the molecule is COCCCCCC(N)=O. The number of carbonyl (C=O) groups excluding carboxylic acids is 1. The van der Waals surface area contributed by atoms with E-state index >= 15 is 0 Å². The van der Waals surface area contributed by atoms with Crippen LogP contribution in [0.5, 0.6) is 0 Å². The molecule has 0 aromatic heterocycles. The van der Waals surface area contributed by atoms with Crippen molar-refractivity contribution in [3.05, 3.63) is 0 Å². The molecule has 0 saturated carbocycles. The molecule has 0 rings (SSSR count). The van der Waals surface area contributed by atoms with Gasteiger partial charge in [0.1, 0.15) is 0 Å². The minimum absolute atomic E-state index is 0.211. The van der Waals surface area contributed by atoms with Gasteiger partial charge in [0, 0.05) is 20.1 Å². The molecule has 0 heterocycles. The molecule has 0 bridgehead atoms. The summed E-state index contributed by atoms with van der Waals surface area (Å²) in [5.74, 6) is -0.211. The number of hydrogen-bond donors (Lipinski definition) is 1. The number of amides is 1. The van der Waals surface area contributed by atoms with Crippen LogP contribution in [-0.2, 0) is 9.53 Å². The summed E-state index contributed by atoms with van der Waals surface area (Å²) >= 11 is 0. The van der Waals surface area contributed by atoms with Crippen LogP contribution in [0.15, 0.2) is 0 Å². The number of primary amides is 1. The van der Waals surface area contributed by atoms with Crippen LogP contribution in [-0.4, -0.2) is 19.6 Å². The molecule has 0 aliphatic carbocycles. The quantitative estimate of drug-likeness (QED) is 0.559. The third kappa shape index (κ3) is 7.43. The summed E-state index contributed by atoms with van der Waals surface area (Å²) in [4.78, 5) is 10.2. The first-order valence-electron chi connectivity index (χ1n) is 3.54. The fraction of sp³-hybridized carbons (Fsp3) is 0.857. The van der Waals surface area contributed by atoms with E-state index in [0.717, 1.165) is 25.9 Å². The van der Waals surface area contributed by atoms with Crippen LogP contribution in [0.4, 0.5) is 0 Å². The number of nitrogens with two attached hydrogens (primary N) is 1. The Kier molecular flexibility index (Phi) is 6.18. The van der Waals surface area contributed by atoms with Crippen LogP contribution in [0, 0.1) is 0 Å². The molecule has 0 aliphatic rings. The van der Waals surface area contributed by atoms with Gasteiger partial charge in [-0.2, -0.15) is 0 Å². The highest BCUT2D eigenvalue weighted by atomic mass is 16.5. The highest BCUT2D eigenvalue weighted by Crippen LogP contribution is 1.98. The Bertz CT molecular complexity index is 93.6. The zero-order chi connectivity index (χ0) is 7.82. The molecule has 0 atom stereocenters. The molecule has 0 spiro atoms. The highest BCUT2D eigenvalue weighted by Gasteiger charge is 1.92. The molecular formula is C7H15NO2. The van der Waals surface area contributed by atoms with Gasteiger partial charge in [0.05, 0.1) is 0 Å². The molecule has 0 aliphatic heterocycles. The summed E-state index contributed by atoms with van der Waals surface area (Å²) in [5.41, 5.74) is 4.94. The molecule has 1 amide bonds. The van der Waals surface area contributed by atoms with Crippen LogP contribution in [0.2, 0.25) is 0 Å². The van der Waals surface area contributed by atoms with Crippen molar-refractivity contribution in [2.45, 2.75) is 25.7 Å². The Balaban J connectivity index is 2.84. The predicted molar refractivity (Wildman–Crippen MR) is 39.5 cm³/mol. The maximum Gasteiger partial charge on any atom is 0.217 e. The number of methoxy groups -OCH3 is 1. The average molecular weight is 145 g/mol. The van der Waals surface area contributed by atoms with Crippen molar-refractivity contribution in [2.24, 2.45) is 5.73 Å². The lowest BCUT2D eigenvalue weighted by atomic mass is 10.2. The van der Waals surface area contributed by atoms with Gasteiger partial charge in [-0.3, -0.25) is 4.79 Å². The zero-order valence-corrected chi connectivity index (χ0v) is 6.43. The molecule has 0 unspecified atom stereocenters. The topological polar surface area (TPSA) is 52.3 Å². The molecule has 10 heavy (non-hydrogen) atoms. The van der Waals surface area contributed by atoms with Crippen molar-refractivity contribution in [3.8, 4) is 0 Å². The van der Waals surface area contributed by atoms with Crippen molar-refractivity contribution in [1.82, 2.24) is 0 Å². The molecule has 0 aromatic rings. The maximum absolute atomic E-state index is 10.2. The van der Waals surface area contributed by atoms with Gasteiger partial charge in [0.15, 0.2) is 0 Å². The van der Waals surface area contributed by atoms with Crippen molar-refractivity contribution in [3.63, 3.8) is 0 Å². The Morgan fingerprint density at radius 2 is 2.10 bits per heavy atom. The van der Waals surface area contributed by atoms with E-state index in [2.05, 4.69) is 0 Å². The van der Waals surface area contributed by atoms with Gasteiger partial charge in [0.25, 0.3) is 0 Å². The van der Waals surface area contributed by atoms with Crippen molar-refractivity contribution >= 4 is 5.91 Å². The second-order valence-corrected chi connectivity index (χ2v) is 2.27. The number of carbonyl (C=O) groups is 1. The summed E-state index contributed by atoms with van der Waals surface area (Å²) < 4.78 is 4.83. The molecule has 60 valence electrons. The minimum atomic E-state index is -0.211. The predicted octanol–water partition coefficient (Wildman–Crippen LogP) is 0.678. The maximum atomic E-state index is 10.2. The minimum Gasteiger partial charge on any atom is -0.385 e. The first-order chi connectivity index (χ1) is 4.77. The summed E-state index contributed by atoms with van der Waals surface area (Å²) in [5, 5.41) is 0. The van der Waals surface area contributed by atoms with E-state index < -0.39 is 0 Å². The monoisotopic (exact) mass is 145 g/mol. The van der Waals surface area contributed by atoms with Crippen LogP contribution < -0.4 is 5.73 Å². The van der Waals surface area contributed by atoms with Gasteiger partial charge in [-0.25, -0.2) is 0 Å². The summed E-state index contributed by atoms with van der Waals surface area (Å²) in [7, 11) is 1.67. The number of unbranched alkanes of at least 4 members (excludes halogenated alkanes) is 2. The lowest BCUT2D eigenvalue weighted by Gasteiger charge is -1.96. The lowest BCUT2D eigenvalue weighted by molar-refractivity contribution is -0.118. The van der Waals surface area contributed by atoms with Crippen LogP contribution in [0.1, 0.15) is 25.7 Å². The van der Waals surface area contributed by atoms with E-state index in [1.54, 1.807) is 7.11 Å². The largest absolute Gasteiger partial charge is 0.385 e. The van der Waals surface area contributed by atoms with Gasteiger partial charge in [0.2, 0.25) is 5.91 Å². The van der Waals surface area contributed by atoms with Crippen LogP contribution >= 0.6 is 0 Å². The lowest BCUT2D eigenvalue weighted by Crippen LogP contribution is -2.09. The van der Waals surface area contributed by atoms with E-state index in [1.165, 1.54) is 0 Å². The molecule has 0 aromatic carbocycles. The van der Waals surface area contributed by atoms with Gasteiger partial charge in [-0.1, -0.05) is 6.42 Å². The van der Waals surface area contributed by atoms with Crippen LogP contribution in [0.25, 0.3) is 0 Å². The van der Waals surface area contributed by atoms with Gasteiger partial charge in [-0.05, 0) is 12.8 Å². The van der Waals surface area contributed by atoms with Crippen molar-refractivity contribution < 1.29 is 9.53 Å². The van der Waals surface area contributed by atoms with Crippen LogP contribution in [0.3, 0.4) is 0 Å². The average Bonchev–Trinajstić information content (AvgIpc) is 1.87. The fourth-order valence-electron chi connectivity index (χ4n) is 0.722. The molecule has 0 fully saturated rings. The molecule has 3 heteroatoms. The molecule has 0 saturated heterocycles. The van der Waals surface area contributed by atoms with E-state index in [-0.39, 0.29) is 5.91 Å². The second kappa shape index (κ2) is 6.55. The van der Waals surface area contributed by atoms with Crippen molar-refractivity contribution in [1.29, 1.82) is 0 Å². The Morgan fingerprint density at radius 1 is 1.40 bits per heavy atom. The Hall–Kier alpha value is -0.570. The van der Waals surface area contributed by atoms with E-state index in [1.807, 2.05) is 0 Å². The number of hydrogen-bond acceptors (Lipinski definition) is 2. The first-order valence-corrected chi connectivity index (χ1v) is 3.54. The molecular weight excluding hydrogens is 130 g/mol. The van der Waals surface area contributed by atoms with Gasteiger partial charge < -0.3 is 10.5 Å². The van der Waals surface area contributed by atoms with E-state index in [0.29, 0.717) is 6.42 Å². The highest BCUT2D eigenvalue weighted by molar-refractivity contribution is 5.73. The first kappa shape index (κ1) is 9.43. The second-order valence-electron chi connectivity index (χ2n) is 2.27. The summed E-state index contributed by atoms with van der Waals surface area (Å²) in [6.07, 6.45) is 3.43.